The van der Waals surface area contributed by atoms with Crippen molar-refractivity contribution >= 4 is 49.1 Å². The number of benzene rings is 2. The molecule has 2 N–H and O–H groups in total. The van der Waals surface area contributed by atoms with Crippen molar-refractivity contribution in [1.82, 2.24) is 4.72 Å². The van der Waals surface area contributed by atoms with Crippen LogP contribution in [0.2, 0.25) is 5.02 Å². The molecule has 0 aliphatic carbocycles. The Morgan fingerprint density at radius 1 is 1.17 bits per heavy atom. The summed E-state index contributed by atoms with van der Waals surface area (Å²) in [6, 6.07) is 10.3. The molecule has 2 aromatic rings. The molecule has 0 radical (unpaired) electrons. The Morgan fingerprint density at radius 2 is 1.79 bits per heavy atom. The first-order valence-corrected chi connectivity index (χ1v) is 9.69. The fraction of sp³-hybridized carbons (Fsp3) is 0.188. The number of anilines is 1. The Balaban J connectivity index is 2.10. The van der Waals surface area contributed by atoms with Crippen LogP contribution in [0.25, 0.3) is 0 Å². The van der Waals surface area contributed by atoms with Gasteiger partial charge in [-0.15, -0.1) is 0 Å². The number of hydrogen-bond acceptors (Lipinski definition) is 3. The first-order chi connectivity index (χ1) is 11.2. The predicted octanol–water partition coefficient (Wildman–Crippen LogP) is 3.72. The number of sulfonamides is 1. The summed E-state index contributed by atoms with van der Waals surface area (Å²) in [6.45, 7) is 3.30. The first-order valence-electron chi connectivity index (χ1n) is 7.04. The highest BCUT2D eigenvalue weighted by Crippen LogP contribution is 2.20. The van der Waals surface area contributed by atoms with E-state index in [2.05, 4.69) is 26.0 Å². The fourth-order valence-corrected chi connectivity index (χ4v) is 3.58. The second-order valence-electron chi connectivity index (χ2n) is 5.25. The minimum Gasteiger partial charge on any atom is -0.324 e. The molecule has 24 heavy (non-hydrogen) atoms. The third kappa shape index (κ3) is 4.80. The van der Waals surface area contributed by atoms with Gasteiger partial charge >= 0.3 is 0 Å². The van der Waals surface area contributed by atoms with Gasteiger partial charge in [-0.2, -0.15) is 4.72 Å². The van der Waals surface area contributed by atoms with Gasteiger partial charge in [-0.1, -0.05) is 33.6 Å². The summed E-state index contributed by atoms with van der Waals surface area (Å²) in [5, 5.41) is 3.16. The molecule has 0 aromatic heterocycles. The van der Waals surface area contributed by atoms with Gasteiger partial charge in [-0.25, -0.2) is 8.42 Å². The first kappa shape index (κ1) is 18.9. The van der Waals surface area contributed by atoms with E-state index in [0.717, 1.165) is 10.0 Å². The van der Waals surface area contributed by atoms with E-state index in [1.807, 2.05) is 6.92 Å². The number of carbonyl (C=O) groups is 1. The van der Waals surface area contributed by atoms with E-state index >= 15 is 0 Å². The Morgan fingerprint density at radius 3 is 2.42 bits per heavy atom. The minimum atomic E-state index is -3.79. The van der Waals surface area contributed by atoms with Crippen molar-refractivity contribution in [3.05, 3.63) is 57.5 Å². The number of halogens is 2. The lowest BCUT2D eigenvalue weighted by Crippen LogP contribution is -2.41. The van der Waals surface area contributed by atoms with E-state index in [4.69, 9.17) is 11.6 Å². The van der Waals surface area contributed by atoms with Crippen LogP contribution in [0.3, 0.4) is 0 Å². The van der Waals surface area contributed by atoms with E-state index in [9.17, 15) is 13.2 Å². The smallest absolute Gasteiger partial charge is 0.242 e. The largest absolute Gasteiger partial charge is 0.324 e. The van der Waals surface area contributed by atoms with E-state index < -0.39 is 22.0 Å². The molecular weight excluding hydrogens is 416 g/mol. The third-order valence-electron chi connectivity index (χ3n) is 3.31. The van der Waals surface area contributed by atoms with E-state index in [1.54, 1.807) is 30.3 Å². The van der Waals surface area contributed by atoms with Gasteiger partial charge in [0.25, 0.3) is 0 Å². The lowest BCUT2D eigenvalue weighted by atomic mass is 10.2. The second-order valence-corrected chi connectivity index (χ2v) is 8.31. The summed E-state index contributed by atoms with van der Waals surface area (Å²) in [4.78, 5) is 12.3. The predicted molar refractivity (Wildman–Crippen MR) is 98.7 cm³/mol. The van der Waals surface area contributed by atoms with Crippen LogP contribution in [0.5, 0.6) is 0 Å². The summed E-state index contributed by atoms with van der Waals surface area (Å²) in [5.41, 5.74) is 1.37. The van der Waals surface area contributed by atoms with E-state index in [0.29, 0.717) is 10.7 Å². The van der Waals surface area contributed by atoms with E-state index in [-0.39, 0.29) is 4.90 Å². The molecule has 0 bridgehead atoms. The lowest BCUT2D eigenvalue weighted by Gasteiger charge is -2.16. The zero-order chi connectivity index (χ0) is 17.9. The lowest BCUT2D eigenvalue weighted by molar-refractivity contribution is -0.117. The molecule has 5 nitrogen and oxygen atoms in total. The van der Waals surface area contributed by atoms with Gasteiger partial charge in [-0.3, -0.25) is 4.79 Å². The molecule has 0 unspecified atom stereocenters. The maximum absolute atomic E-state index is 12.3. The van der Waals surface area contributed by atoms with Gasteiger partial charge < -0.3 is 5.32 Å². The molecule has 0 saturated heterocycles. The summed E-state index contributed by atoms with van der Waals surface area (Å²) in [7, 11) is -3.79. The Bertz CT molecular complexity index is 854. The van der Waals surface area contributed by atoms with Gasteiger partial charge in [0.2, 0.25) is 15.9 Å². The van der Waals surface area contributed by atoms with Crippen molar-refractivity contribution < 1.29 is 13.2 Å². The molecule has 0 saturated carbocycles. The maximum Gasteiger partial charge on any atom is 0.242 e. The van der Waals surface area contributed by atoms with Crippen LogP contribution >= 0.6 is 27.5 Å². The second kappa shape index (κ2) is 7.65. The Hall–Kier alpha value is -1.41. The van der Waals surface area contributed by atoms with E-state index in [1.165, 1.54) is 19.1 Å². The van der Waals surface area contributed by atoms with Crippen LogP contribution in [0, 0.1) is 6.92 Å². The van der Waals surface area contributed by atoms with Crippen LogP contribution in [-0.2, 0) is 14.8 Å². The topological polar surface area (TPSA) is 75.3 Å². The highest BCUT2D eigenvalue weighted by molar-refractivity contribution is 9.10. The molecule has 0 fully saturated rings. The fourth-order valence-electron chi connectivity index (χ4n) is 1.94. The highest BCUT2D eigenvalue weighted by Gasteiger charge is 2.22. The number of amides is 1. The summed E-state index contributed by atoms with van der Waals surface area (Å²) < 4.78 is 27.7. The molecule has 2 aromatic carbocycles. The molecule has 8 heteroatoms. The summed E-state index contributed by atoms with van der Waals surface area (Å²) in [6.07, 6.45) is 0. The van der Waals surface area contributed by atoms with Crippen molar-refractivity contribution in [3.63, 3.8) is 0 Å². The number of nitrogens with one attached hydrogen (secondary N) is 2. The standard InChI is InChI=1S/C16H16BrClN2O3S/c1-10-3-6-13(18)9-15(10)19-16(21)11(2)20-24(22,23)14-7-4-12(17)5-8-14/h3-9,11,20H,1-2H3,(H,19,21)/t11-/m1/s1. The zero-order valence-electron chi connectivity index (χ0n) is 13.0. The van der Waals surface area contributed by atoms with Crippen molar-refractivity contribution in [1.29, 1.82) is 0 Å². The van der Waals surface area contributed by atoms with Gasteiger partial charge in [0.05, 0.1) is 10.9 Å². The SMILES string of the molecule is Cc1ccc(Cl)cc1NC(=O)[C@@H](C)NS(=O)(=O)c1ccc(Br)cc1. The molecule has 0 spiro atoms. The van der Waals surface area contributed by atoms with Crippen LogP contribution in [-0.4, -0.2) is 20.4 Å². The minimum absolute atomic E-state index is 0.0873. The van der Waals surface area contributed by atoms with Gasteiger partial charge in [-0.05, 0) is 55.8 Å². The zero-order valence-corrected chi connectivity index (χ0v) is 16.2. The quantitative estimate of drug-likeness (QED) is 0.757. The maximum atomic E-state index is 12.3. The van der Waals surface area contributed by atoms with Crippen molar-refractivity contribution in [2.45, 2.75) is 24.8 Å². The normalized spacial score (nSPS) is 12.7. The van der Waals surface area contributed by atoms with Crippen LogP contribution < -0.4 is 10.0 Å². The number of carbonyl (C=O) groups excluding carboxylic acids is 1. The highest BCUT2D eigenvalue weighted by atomic mass is 79.9. The Labute approximate surface area is 154 Å². The summed E-state index contributed by atoms with van der Waals surface area (Å²) in [5.74, 6) is -0.471. The molecule has 0 aliphatic heterocycles. The Kier molecular flexibility index (Phi) is 6.03. The molecule has 1 atom stereocenters. The summed E-state index contributed by atoms with van der Waals surface area (Å²) >= 11 is 9.16. The van der Waals surface area contributed by atoms with Crippen LogP contribution in [0.4, 0.5) is 5.69 Å². The molecule has 128 valence electrons. The van der Waals surface area contributed by atoms with Crippen molar-refractivity contribution in [3.8, 4) is 0 Å². The van der Waals surface area contributed by atoms with Gasteiger partial charge in [0.1, 0.15) is 0 Å². The monoisotopic (exact) mass is 430 g/mol. The van der Waals surface area contributed by atoms with Crippen molar-refractivity contribution in [2.24, 2.45) is 0 Å². The van der Waals surface area contributed by atoms with Crippen molar-refractivity contribution in [2.75, 3.05) is 5.32 Å². The molecule has 0 aliphatic rings. The average Bonchev–Trinajstić information content (AvgIpc) is 2.51. The number of hydrogen-bond donors (Lipinski definition) is 2. The number of aryl methyl sites for hydroxylation is 1. The van der Waals surface area contributed by atoms with Gasteiger partial charge in [0, 0.05) is 15.2 Å². The molecular formula is C16H16BrClN2O3S. The van der Waals surface area contributed by atoms with Crippen LogP contribution in [0.1, 0.15) is 12.5 Å². The average molecular weight is 432 g/mol. The molecule has 2 rings (SSSR count). The van der Waals surface area contributed by atoms with Crippen LogP contribution in [0.15, 0.2) is 51.8 Å². The molecule has 1 amide bonds. The molecule has 0 heterocycles. The van der Waals surface area contributed by atoms with Gasteiger partial charge in [0.15, 0.2) is 0 Å². The third-order valence-corrected chi connectivity index (χ3v) is 5.63. The number of rotatable bonds is 5.